The van der Waals surface area contributed by atoms with E-state index in [0.717, 1.165) is 11.3 Å². The molecule has 2 amide bonds. The summed E-state index contributed by atoms with van der Waals surface area (Å²) in [4.78, 5) is 22.7. The normalized spacial score (nSPS) is 10.5. The molecule has 0 radical (unpaired) electrons. The highest BCUT2D eigenvalue weighted by molar-refractivity contribution is 5.88. The number of hydrogen-bond acceptors (Lipinski definition) is 3. The van der Waals surface area contributed by atoms with E-state index in [-0.39, 0.29) is 11.8 Å². The molecule has 0 aliphatic rings. The Kier molecular flexibility index (Phi) is 7.46. The molecule has 0 spiro atoms. The predicted octanol–water partition coefficient (Wildman–Crippen LogP) is 2.32. The topological polar surface area (TPSA) is 67.4 Å². The van der Waals surface area contributed by atoms with Crippen LogP contribution in [0.15, 0.2) is 24.3 Å². The van der Waals surface area contributed by atoms with Crippen molar-refractivity contribution in [1.29, 1.82) is 0 Å². The predicted molar refractivity (Wildman–Crippen MR) is 82.9 cm³/mol. The van der Waals surface area contributed by atoms with Crippen LogP contribution >= 0.6 is 0 Å². The first-order valence-corrected chi connectivity index (χ1v) is 7.18. The second-order valence-corrected chi connectivity index (χ2v) is 5.38. The summed E-state index contributed by atoms with van der Waals surface area (Å²) in [5.74, 6) is 0.326. The van der Waals surface area contributed by atoms with Gasteiger partial charge in [0.05, 0.1) is 6.61 Å². The van der Waals surface area contributed by atoms with Crippen molar-refractivity contribution < 1.29 is 14.3 Å². The molecule has 2 N–H and O–H groups in total. The zero-order chi connectivity index (χ0) is 15.7. The van der Waals surface area contributed by atoms with Crippen LogP contribution < -0.4 is 10.6 Å². The van der Waals surface area contributed by atoms with Crippen molar-refractivity contribution in [2.75, 3.05) is 18.5 Å². The van der Waals surface area contributed by atoms with Gasteiger partial charge in [-0.15, -0.1) is 0 Å². The van der Waals surface area contributed by atoms with Gasteiger partial charge in [0.2, 0.25) is 11.8 Å². The lowest BCUT2D eigenvalue weighted by Crippen LogP contribution is -2.24. The van der Waals surface area contributed by atoms with Gasteiger partial charge in [0, 0.05) is 32.2 Å². The van der Waals surface area contributed by atoms with Crippen molar-refractivity contribution in [3.05, 3.63) is 29.8 Å². The van der Waals surface area contributed by atoms with E-state index in [2.05, 4.69) is 24.5 Å². The summed E-state index contributed by atoms with van der Waals surface area (Å²) in [7, 11) is 0. The Hall–Kier alpha value is -1.88. The van der Waals surface area contributed by atoms with E-state index in [9.17, 15) is 9.59 Å². The summed E-state index contributed by atoms with van der Waals surface area (Å²) < 4.78 is 5.37. The Morgan fingerprint density at radius 3 is 2.71 bits per heavy atom. The molecular weight excluding hydrogens is 268 g/mol. The van der Waals surface area contributed by atoms with Gasteiger partial charge >= 0.3 is 0 Å². The molecule has 0 saturated carbocycles. The van der Waals surface area contributed by atoms with Gasteiger partial charge in [0.1, 0.15) is 0 Å². The number of rotatable bonds is 8. The minimum Gasteiger partial charge on any atom is -0.381 e. The number of carbonyl (C=O) groups excluding carboxylic acids is 2. The third-order valence-electron chi connectivity index (χ3n) is 2.66. The van der Waals surface area contributed by atoms with Crippen molar-refractivity contribution in [3.8, 4) is 0 Å². The van der Waals surface area contributed by atoms with Crippen LogP contribution in [0.3, 0.4) is 0 Å². The van der Waals surface area contributed by atoms with Gasteiger partial charge < -0.3 is 15.4 Å². The van der Waals surface area contributed by atoms with Crippen molar-refractivity contribution in [2.45, 2.75) is 33.7 Å². The Bertz CT molecular complexity index is 472. The van der Waals surface area contributed by atoms with E-state index in [0.29, 0.717) is 32.1 Å². The van der Waals surface area contributed by atoms with Crippen LogP contribution in [0, 0.1) is 5.92 Å². The summed E-state index contributed by atoms with van der Waals surface area (Å²) in [5.41, 5.74) is 1.67. The van der Waals surface area contributed by atoms with Gasteiger partial charge in [-0.05, 0) is 23.6 Å². The molecule has 0 aliphatic carbocycles. The maximum atomic E-state index is 11.7. The largest absolute Gasteiger partial charge is 0.381 e. The summed E-state index contributed by atoms with van der Waals surface area (Å²) >= 11 is 0. The minimum absolute atomic E-state index is 0.0383. The molecule has 0 bridgehead atoms. The highest BCUT2D eigenvalue weighted by Crippen LogP contribution is 2.10. The molecule has 5 heteroatoms. The molecule has 1 rings (SSSR count). The first-order chi connectivity index (χ1) is 9.97. The molecule has 0 fully saturated rings. The zero-order valence-corrected chi connectivity index (χ0v) is 12.9. The Morgan fingerprint density at radius 2 is 2.05 bits per heavy atom. The fraction of sp³-hybridized carbons (Fsp3) is 0.500. The number of nitrogens with one attached hydrogen (secondary N) is 2. The van der Waals surface area contributed by atoms with E-state index in [4.69, 9.17) is 4.74 Å². The lowest BCUT2D eigenvalue weighted by Gasteiger charge is -2.09. The Morgan fingerprint density at radius 1 is 1.29 bits per heavy atom. The van der Waals surface area contributed by atoms with Gasteiger partial charge in [-0.2, -0.15) is 0 Å². The van der Waals surface area contributed by atoms with Gasteiger partial charge in [-0.3, -0.25) is 9.59 Å². The van der Waals surface area contributed by atoms with Crippen LogP contribution in [0.2, 0.25) is 0 Å². The molecule has 0 saturated heterocycles. The van der Waals surface area contributed by atoms with E-state index in [1.807, 2.05) is 24.3 Å². The zero-order valence-electron chi connectivity index (χ0n) is 12.9. The first-order valence-electron chi connectivity index (χ1n) is 7.18. The number of hydrogen-bond donors (Lipinski definition) is 2. The second-order valence-electron chi connectivity index (χ2n) is 5.38. The van der Waals surface area contributed by atoms with Crippen molar-refractivity contribution in [1.82, 2.24) is 5.32 Å². The Labute approximate surface area is 126 Å². The quantitative estimate of drug-likeness (QED) is 0.723. The molecule has 5 nitrogen and oxygen atoms in total. The number of carbonyl (C=O) groups is 2. The smallest absolute Gasteiger partial charge is 0.222 e. The average Bonchev–Trinajstić information content (AvgIpc) is 2.41. The highest BCUT2D eigenvalue weighted by atomic mass is 16.5. The number of ether oxygens (including phenoxy) is 1. The molecule has 0 atom stereocenters. The van der Waals surface area contributed by atoms with E-state index < -0.39 is 0 Å². The van der Waals surface area contributed by atoms with Gasteiger partial charge in [-0.25, -0.2) is 0 Å². The van der Waals surface area contributed by atoms with Gasteiger partial charge in [0.15, 0.2) is 0 Å². The molecule has 0 aliphatic heterocycles. The molecule has 0 unspecified atom stereocenters. The van der Waals surface area contributed by atoms with Crippen LogP contribution in [-0.4, -0.2) is 25.0 Å². The standard InChI is InChI=1S/C16H24N2O3/c1-12(2)11-21-8-7-16(20)17-10-14-5-4-6-15(9-14)18-13(3)19/h4-6,9,12H,7-8,10-11H2,1-3H3,(H,17,20)(H,18,19). The molecule has 1 aromatic carbocycles. The summed E-state index contributed by atoms with van der Waals surface area (Å²) in [6.45, 7) is 7.16. The van der Waals surface area contributed by atoms with Crippen LogP contribution in [0.4, 0.5) is 5.69 Å². The Balaban J connectivity index is 2.30. The van der Waals surface area contributed by atoms with Crippen LogP contribution in [-0.2, 0) is 20.9 Å². The van der Waals surface area contributed by atoms with E-state index in [1.165, 1.54) is 6.92 Å². The fourth-order valence-corrected chi connectivity index (χ4v) is 1.74. The molecule has 116 valence electrons. The molecule has 21 heavy (non-hydrogen) atoms. The van der Waals surface area contributed by atoms with E-state index in [1.54, 1.807) is 0 Å². The SMILES string of the molecule is CC(=O)Nc1cccc(CNC(=O)CCOCC(C)C)c1. The average molecular weight is 292 g/mol. The van der Waals surface area contributed by atoms with Crippen LogP contribution in [0.25, 0.3) is 0 Å². The summed E-state index contributed by atoms with van der Waals surface area (Å²) in [6, 6.07) is 7.41. The maximum Gasteiger partial charge on any atom is 0.222 e. The third kappa shape index (κ3) is 8.09. The van der Waals surface area contributed by atoms with Crippen LogP contribution in [0.1, 0.15) is 32.8 Å². The third-order valence-corrected chi connectivity index (χ3v) is 2.66. The molecular formula is C16H24N2O3. The lowest BCUT2D eigenvalue weighted by molar-refractivity contribution is -0.122. The van der Waals surface area contributed by atoms with Gasteiger partial charge in [0.25, 0.3) is 0 Å². The van der Waals surface area contributed by atoms with Crippen molar-refractivity contribution >= 4 is 17.5 Å². The summed E-state index contributed by atoms with van der Waals surface area (Å²) in [6.07, 6.45) is 0.359. The van der Waals surface area contributed by atoms with Crippen LogP contribution in [0.5, 0.6) is 0 Å². The lowest BCUT2D eigenvalue weighted by atomic mass is 10.2. The number of anilines is 1. The maximum absolute atomic E-state index is 11.7. The summed E-state index contributed by atoms with van der Waals surface area (Å²) in [5, 5.41) is 5.55. The van der Waals surface area contributed by atoms with Crippen molar-refractivity contribution in [2.24, 2.45) is 5.92 Å². The second kappa shape index (κ2) is 9.13. The van der Waals surface area contributed by atoms with Gasteiger partial charge in [-0.1, -0.05) is 26.0 Å². The first kappa shape index (κ1) is 17.2. The highest BCUT2D eigenvalue weighted by Gasteiger charge is 2.03. The monoisotopic (exact) mass is 292 g/mol. The molecule has 0 aromatic heterocycles. The van der Waals surface area contributed by atoms with Crippen molar-refractivity contribution in [3.63, 3.8) is 0 Å². The minimum atomic E-state index is -0.113. The number of benzene rings is 1. The van der Waals surface area contributed by atoms with E-state index >= 15 is 0 Å². The number of amides is 2. The fourth-order valence-electron chi connectivity index (χ4n) is 1.74. The molecule has 0 heterocycles. The molecule has 1 aromatic rings.